The molecule has 45 heavy (non-hydrogen) atoms. The molecule has 0 aliphatic carbocycles. The van der Waals surface area contributed by atoms with Crippen LogP contribution < -0.4 is 19.5 Å². The molecule has 1 unspecified atom stereocenters. The number of amides is 1. The molecule has 0 spiro atoms. The molecule has 3 aromatic rings. The second kappa shape index (κ2) is 14.3. The van der Waals surface area contributed by atoms with E-state index in [1.54, 1.807) is 0 Å². The number of anilines is 1. The lowest BCUT2D eigenvalue weighted by Crippen LogP contribution is -2.35. The molecule has 3 atom stereocenters. The van der Waals surface area contributed by atoms with Crippen LogP contribution in [0.5, 0.6) is 17.2 Å². The molecule has 0 bridgehead atoms. The number of nitrogens with one attached hydrogen (secondary N) is 1. The molecule has 2 aliphatic rings. The van der Waals surface area contributed by atoms with Crippen LogP contribution >= 0.6 is 0 Å². The van der Waals surface area contributed by atoms with Gasteiger partial charge in [-0.3, -0.25) is 14.5 Å². The Morgan fingerprint density at radius 2 is 1.62 bits per heavy atom. The number of aliphatic carboxylic acids is 1. The molecule has 240 valence electrons. The number of carbonyl (C=O) groups excluding carboxylic acids is 1. The number of likely N-dealkylation sites (tertiary alicyclic amines) is 1. The van der Waals surface area contributed by atoms with Crippen LogP contribution in [0.1, 0.15) is 48.1 Å². The van der Waals surface area contributed by atoms with Crippen molar-refractivity contribution in [3.05, 3.63) is 82.7 Å². The highest BCUT2D eigenvalue weighted by atomic mass is 19.1. The van der Waals surface area contributed by atoms with E-state index in [1.165, 1.54) is 12.1 Å². The standard InChI is InChI=1S/C35H42FN3O6/c1-5-22-17-26(36)18-23(6-2)33(22)37-31(40)21-39-20-28(25-9-12-29-30(19-25)45-16-15-44-29)32(35(41)42)34(39)24-7-10-27(11-8-24)43-14-13-38(3)4/h7-12,17-19,28,32,34H,5-6,13-16,20-21H2,1-4H3,(H,37,40)(H,41,42)/t28-,32?,34+/m1/s1. The molecule has 2 heterocycles. The highest BCUT2D eigenvalue weighted by Gasteiger charge is 2.48. The average Bonchev–Trinajstić information content (AvgIpc) is 3.40. The van der Waals surface area contributed by atoms with Gasteiger partial charge in [-0.15, -0.1) is 0 Å². The van der Waals surface area contributed by atoms with Crippen molar-refractivity contribution in [2.24, 2.45) is 5.92 Å². The van der Waals surface area contributed by atoms with Gasteiger partial charge < -0.3 is 29.5 Å². The summed E-state index contributed by atoms with van der Waals surface area (Å²) < 4.78 is 31.6. The Labute approximate surface area is 263 Å². The van der Waals surface area contributed by atoms with E-state index in [1.807, 2.05) is 80.2 Å². The Hall–Kier alpha value is -4.15. The maximum absolute atomic E-state index is 14.2. The maximum atomic E-state index is 14.2. The van der Waals surface area contributed by atoms with Crippen LogP contribution in [0.25, 0.3) is 0 Å². The van der Waals surface area contributed by atoms with E-state index in [2.05, 4.69) is 5.32 Å². The number of likely N-dealkylation sites (N-methyl/N-ethyl adjacent to an activating group) is 1. The Bertz CT molecular complexity index is 1490. The van der Waals surface area contributed by atoms with E-state index in [0.29, 0.717) is 62.1 Å². The fraction of sp³-hybridized carbons (Fsp3) is 0.429. The third kappa shape index (κ3) is 7.40. The van der Waals surface area contributed by atoms with Crippen LogP contribution in [0.2, 0.25) is 0 Å². The smallest absolute Gasteiger partial charge is 0.309 e. The van der Waals surface area contributed by atoms with E-state index in [0.717, 1.165) is 28.8 Å². The van der Waals surface area contributed by atoms with E-state index < -0.39 is 23.8 Å². The molecule has 0 saturated carbocycles. The fourth-order valence-corrected chi connectivity index (χ4v) is 6.33. The minimum Gasteiger partial charge on any atom is -0.492 e. The summed E-state index contributed by atoms with van der Waals surface area (Å²) in [6.45, 7) is 6.30. The number of fused-ring (bicyclic) bond motifs is 1. The molecule has 2 N–H and O–H groups in total. The van der Waals surface area contributed by atoms with Gasteiger partial charge >= 0.3 is 5.97 Å². The number of carbonyl (C=O) groups is 2. The number of halogens is 1. The number of hydrogen-bond acceptors (Lipinski definition) is 7. The summed E-state index contributed by atoms with van der Waals surface area (Å²) >= 11 is 0. The number of ether oxygens (including phenoxy) is 3. The average molecular weight is 620 g/mol. The zero-order valence-electron chi connectivity index (χ0n) is 26.3. The third-order valence-electron chi connectivity index (χ3n) is 8.55. The SMILES string of the molecule is CCc1cc(F)cc(CC)c1NC(=O)CN1C[C@H](c2ccc3c(c2)OCCO3)C(C(=O)O)[C@@H]1c1ccc(OCCN(C)C)cc1. The number of carboxylic acids is 1. The topological polar surface area (TPSA) is 101 Å². The molecular weight excluding hydrogens is 577 g/mol. The number of hydrogen-bond donors (Lipinski definition) is 2. The number of aryl methyl sites for hydroxylation is 2. The van der Waals surface area contributed by atoms with E-state index in [4.69, 9.17) is 14.2 Å². The molecule has 10 heteroatoms. The van der Waals surface area contributed by atoms with Crippen molar-refractivity contribution >= 4 is 17.6 Å². The summed E-state index contributed by atoms with van der Waals surface area (Å²) in [6.07, 6.45) is 1.12. The van der Waals surface area contributed by atoms with Gasteiger partial charge in [0.25, 0.3) is 0 Å². The second-order valence-electron chi connectivity index (χ2n) is 11.8. The molecule has 9 nitrogen and oxygen atoms in total. The first kappa shape index (κ1) is 32.2. The largest absolute Gasteiger partial charge is 0.492 e. The molecule has 1 saturated heterocycles. The first-order valence-corrected chi connectivity index (χ1v) is 15.5. The monoisotopic (exact) mass is 619 g/mol. The lowest BCUT2D eigenvalue weighted by Gasteiger charge is -2.27. The Balaban J connectivity index is 1.46. The van der Waals surface area contributed by atoms with E-state index in [9.17, 15) is 19.1 Å². The van der Waals surface area contributed by atoms with Crippen molar-refractivity contribution in [2.45, 2.75) is 38.6 Å². The minimum absolute atomic E-state index is 0.0414. The molecule has 2 aliphatic heterocycles. The van der Waals surface area contributed by atoms with E-state index >= 15 is 0 Å². The molecule has 0 aromatic heterocycles. The van der Waals surface area contributed by atoms with Gasteiger partial charge in [0.1, 0.15) is 31.4 Å². The summed E-state index contributed by atoms with van der Waals surface area (Å²) in [5, 5.41) is 13.7. The number of carboxylic acid groups (broad SMARTS) is 1. The van der Waals surface area contributed by atoms with Gasteiger partial charge in [0.2, 0.25) is 5.91 Å². The predicted molar refractivity (Wildman–Crippen MR) is 170 cm³/mol. The van der Waals surface area contributed by atoms with Gasteiger partial charge in [-0.1, -0.05) is 32.0 Å². The van der Waals surface area contributed by atoms with Crippen molar-refractivity contribution in [3.8, 4) is 17.2 Å². The van der Waals surface area contributed by atoms with Crippen molar-refractivity contribution in [2.75, 3.05) is 58.9 Å². The van der Waals surface area contributed by atoms with Gasteiger partial charge in [0.15, 0.2) is 11.5 Å². The maximum Gasteiger partial charge on any atom is 0.309 e. The van der Waals surface area contributed by atoms with Crippen molar-refractivity contribution < 1.29 is 33.3 Å². The molecule has 3 aromatic carbocycles. The zero-order valence-corrected chi connectivity index (χ0v) is 26.3. The van der Waals surface area contributed by atoms with Crippen LogP contribution in [-0.2, 0) is 22.4 Å². The van der Waals surface area contributed by atoms with Crippen molar-refractivity contribution in [1.82, 2.24) is 9.80 Å². The van der Waals surface area contributed by atoms with Crippen LogP contribution in [0, 0.1) is 11.7 Å². The molecule has 1 fully saturated rings. The number of rotatable bonds is 12. The summed E-state index contributed by atoms with van der Waals surface area (Å²) in [7, 11) is 3.95. The molecule has 5 rings (SSSR count). The Kier molecular flexibility index (Phi) is 10.2. The molecule has 1 amide bonds. The summed E-state index contributed by atoms with van der Waals surface area (Å²) in [5.41, 5.74) is 3.66. The van der Waals surface area contributed by atoms with E-state index in [-0.39, 0.29) is 18.3 Å². The van der Waals surface area contributed by atoms with Gasteiger partial charge in [0.05, 0.1) is 12.5 Å². The highest BCUT2D eigenvalue weighted by molar-refractivity contribution is 5.94. The molecular formula is C35H42FN3O6. The minimum atomic E-state index is -0.950. The van der Waals surface area contributed by atoms with Gasteiger partial charge in [-0.25, -0.2) is 4.39 Å². The first-order valence-electron chi connectivity index (χ1n) is 15.5. The number of nitrogens with zero attached hydrogens (tertiary/aromatic N) is 2. The quantitative estimate of drug-likeness (QED) is 0.288. The first-order chi connectivity index (χ1) is 21.7. The lowest BCUT2D eigenvalue weighted by atomic mass is 9.82. The number of benzene rings is 3. The van der Waals surface area contributed by atoms with Crippen molar-refractivity contribution in [1.29, 1.82) is 0 Å². The second-order valence-corrected chi connectivity index (χ2v) is 11.8. The Morgan fingerprint density at radius 3 is 2.24 bits per heavy atom. The normalized spacial score (nSPS) is 19.5. The Morgan fingerprint density at radius 1 is 0.978 bits per heavy atom. The van der Waals surface area contributed by atoms with Gasteiger partial charge in [-0.05, 0) is 85.6 Å². The van der Waals surface area contributed by atoms with Crippen LogP contribution in [-0.4, -0.2) is 80.3 Å². The predicted octanol–water partition coefficient (Wildman–Crippen LogP) is 5.14. The van der Waals surface area contributed by atoms with Gasteiger partial charge in [-0.2, -0.15) is 0 Å². The summed E-state index contributed by atoms with van der Waals surface area (Å²) in [6, 6.07) is 15.3. The van der Waals surface area contributed by atoms with Crippen LogP contribution in [0.4, 0.5) is 10.1 Å². The van der Waals surface area contributed by atoms with Crippen molar-refractivity contribution in [3.63, 3.8) is 0 Å². The lowest BCUT2D eigenvalue weighted by molar-refractivity contribution is -0.143. The highest BCUT2D eigenvalue weighted by Crippen LogP contribution is 2.47. The zero-order chi connectivity index (χ0) is 32.1. The summed E-state index contributed by atoms with van der Waals surface area (Å²) in [5.74, 6) is -0.924. The third-order valence-corrected chi connectivity index (χ3v) is 8.55. The van der Waals surface area contributed by atoms with Crippen LogP contribution in [0.15, 0.2) is 54.6 Å². The van der Waals surface area contributed by atoms with Gasteiger partial charge in [0, 0.05) is 30.7 Å². The fourth-order valence-electron chi connectivity index (χ4n) is 6.33. The summed E-state index contributed by atoms with van der Waals surface area (Å²) in [4.78, 5) is 30.6. The van der Waals surface area contributed by atoms with Crippen LogP contribution in [0.3, 0.4) is 0 Å². The molecule has 0 radical (unpaired) electrons.